The first kappa shape index (κ1) is 20.8. The van der Waals surface area contributed by atoms with Crippen molar-refractivity contribution in [3.63, 3.8) is 0 Å². The van der Waals surface area contributed by atoms with Crippen LogP contribution < -0.4 is 15.1 Å². The molecule has 2 aromatic rings. The van der Waals surface area contributed by atoms with Gasteiger partial charge in [0.05, 0.1) is 5.69 Å². The normalized spacial score (nSPS) is 18.0. The Balaban J connectivity index is 0.00000117. The number of amides is 2. The second-order valence-electron chi connectivity index (χ2n) is 7.52. The number of pyridine rings is 1. The molecule has 0 spiro atoms. The topological polar surface area (TPSA) is 65.5 Å². The van der Waals surface area contributed by atoms with Crippen LogP contribution in [0, 0.1) is 13.8 Å². The monoisotopic (exact) mass is 394 g/mol. The van der Waals surface area contributed by atoms with Gasteiger partial charge < -0.3 is 15.1 Å². The molecule has 4 rings (SSSR count). The summed E-state index contributed by atoms with van der Waals surface area (Å²) in [6.07, 6.45) is 2.11. The number of carbonyl (C=O) groups excluding carboxylic acids is 2. The molecule has 1 saturated carbocycles. The molecule has 1 N–H and O–H groups in total. The zero-order valence-corrected chi connectivity index (χ0v) is 18.1. The van der Waals surface area contributed by atoms with Crippen molar-refractivity contribution in [3.8, 4) is 0 Å². The number of aromatic nitrogens is 1. The van der Waals surface area contributed by atoms with Gasteiger partial charge in [-0.15, -0.1) is 0 Å². The molecule has 6 heteroatoms. The van der Waals surface area contributed by atoms with E-state index in [0.29, 0.717) is 11.7 Å². The maximum absolute atomic E-state index is 12.8. The highest BCUT2D eigenvalue weighted by Crippen LogP contribution is 2.41. The molecule has 0 saturated heterocycles. The molecule has 1 aliphatic carbocycles. The molecule has 29 heavy (non-hydrogen) atoms. The van der Waals surface area contributed by atoms with Crippen molar-refractivity contribution >= 4 is 29.0 Å². The van der Waals surface area contributed by atoms with Crippen molar-refractivity contribution in [1.29, 1.82) is 0 Å². The molecule has 1 unspecified atom stereocenters. The van der Waals surface area contributed by atoms with Crippen LogP contribution in [-0.2, 0) is 4.79 Å². The van der Waals surface area contributed by atoms with Crippen LogP contribution in [0.2, 0.25) is 0 Å². The second-order valence-corrected chi connectivity index (χ2v) is 7.52. The quantitative estimate of drug-likeness (QED) is 0.842. The highest BCUT2D eigenvalue weighted by Gasteiger charge is 2.42. The van der Waals surface area contributed by atoms with Gasteiger partial charge in [0.15, 0.2) is 5.82 Å². The smallest absolute Gasteiger partial charge is 0.274 e. The van der Waals surface area contributed by atoms with E-state index >= 15 is 0 Å². The number of hydrogen-bond acceptors (Lipinski definition) is 4. The zero-order valence-electron chi connectivity index (χ0n) is 18.1. The van der Waals surface area contributed by atoms with Crippen LogP contribution in [0.5, 0.6) is 0 Å². The van der Waals surface area contributed by atoms with Gasteiger partial charge in [0.2, 0.25) is 5.91 Å². The van der Waals surface area contributed by atoms with Crippen LogP contribution in [0.15, 0.2) is 30.3 Å². The fourth-order valence-electron chi connectivity index (χ4n) is 3.70. The molecular formula is C23H30N4O2. The zero-order chi connectivity index (χ0) is 21.3. The number of aryl methyl sites for hydroxylation is 2. The van der Waals surface area contributed by atoms with Gasteiger partial charge in [0.25, 0.3) is 5.91 Å². The van der Waals surface area contributed by atoms with E-state index in [9.17, 15) is 9.59 Å². The Hall–Kier alpha value is -2.89. The third kappa shape index (κ3) is 3.97. The van der Waals surface area contributed by atoms with Crippen LogP contribution in [0.3, 0.4) is 0 Å². The van der Waals surface area contributed by atoms with Crippen molar-refractivity contribution in [2.45, 2.75) is 59.5 Å². The maximum Gasteiger partial charge on any atom is 0.274 e. The first-order valence-electron chi connectivity index (χ1n) is 10.3. The number of rotatable bonds is 3. The number of anilines is 3. The minimum Gasteiger partial charge on any atom is -0.340 e. The van der Waals surface area contributed by atoms with Crippen molar-refractivity contribution in [1.82, 2.24) is 4.98 Å². The summed E-state index contributed by atoms with van der Waals surface area (Å²) < 4.78 is 0. The lowest BCUT2D eigenvalue weighted by molar-refractivity contribution is -0.119. The third-order valence-corrected chi connectivity index (χ3v) is 5.37. The Bertz CT molecular complexity index is 936. The van der Waals surface area contributed by atoms with Gasteiger partial charge in [-0.25, -0.2) is 4.98 Å². The van der Waals surface area contributed by atoms with Gasteiger partial charge in [-0.05, 0) is 57.4 Å². The average Bonchev–Trinajstić information content (AvgIpc) is 3.54. The number of nitrogens with one attached hydrogen (secondary N) is 1. The Morgan fingerprint density at radius 3 is 2.45 bits per heavy atom. The highest BCUT2D eigenvalue weighted by molar-refractivity contribution is 6.07. The van der Waals surface area contributed by atoms with Crippen LogP contribution in [0.25, 0.3) is 0 Å². The van der Waals surface area contributed by atoms with Crippen molar-refractivity contribution < 1.29 is 9.59 Å². The molecule has 2 amide bonds. The van der Waals surface area contributed by atoms with Gasteiger partial charge in [-0.3, -0.25) is 9.59 Å². The average molecular weight is 395 g/mol. The molecule has 0 bridgehead atoms. The standard InChI is InChI=1S/C21H24N4O2.C2H6/c1-12-5-8-16(13(2)11-12)23-20(26)17-9-10-18-19(22-17)25(15-6-7-15)14(3)21(27)24(18)4;1-2/h5,8-11,14-15H,6-7H2,1-4H3,(H,23,26);1-2H3. The van der Waals surface area contributed by atoms with E-state index in [2.05, 4.69) is 15.2 Å². The minimum absolute atomic E-state index is 0.0590. The number of fused-ring (bicyclic) bond motifs is 1. The van der Waals surface area contributed by atoms with Gasteiger partial charge in [-0.1, -0.05) is 31.5 Å². The number of likely N-dealkylation sites (N-methyl/N-ethyl adjacent to an activating group) is 1. The van der Waals surface area contributed by atoms with E-state index in [1.807, 2.05) is 58.9 Å². The highest BCUT2D eigenvalue weighted by atomic mass is 16.2. The van der Waals surface area contributed by atoms with Crippen LogP contribution in [0.4, 0.5) is 17.2 Å². The molecule has 2 heterocycles. The van der Waals surface area contributed by atoms with E-state index in [-0.39, 0.29) is 17.9 Å². The number of benzene rings is 1. The second kappa shape index (κ2) is 8.23. The number of nitrogens with zero attached hydrogens (tertiary/aromatic N) is 3. The predicted molar refractivity (Wildman–Crippen MR) is 118 cm³/mol. The largest absolute Gasteiger partial charge is 0.340 e. The van der Waals surface area contributed by atoms with Gasteiger partial charge in [-0.2, -0.15) is 0 Å². The van der Waals surface area contributed by atoms with Crippen molar-refractivity contribution in [2.24, 2.45) is 0 Å². The summed E-state index contributed by atoms with van der Waals surface area (Å²) in [7, 11) is 1.76. The molecule has 1 aromatic heterocycles. The predicted octanol–water partition coefficient (Wildman–Crippen LogP) is 4.31. The summed E-state index contributed by atoms with van der Waals surface area (Å²) in [5, 5.41) is 2.95. The van der Waals surface area contributed by atoms with E-state index in [4.69, 9.17) is 0 Å². The summed E-state index contributed by atoms with van der Waals surface area (Å²) in [6, 6.07) is 9.49. The summed E-state index contributed by atoms with van der Waals surface area (Å²) >= 11 is 0. The Morgan fingerprint density at radius 1 is 1.14 bits per heavy atom. The SMILES string of the molecule is CC.Cc1ccc(NC(=O)c2ccc3c(n2)N(C2CC2)C(C)C(=O)N3C)c(C)c1. The minimum atomic E-state index is -0.264. The van der Waals surface area contributed by atoms with E-state index < -0.39 is 0 Å². The molecule has 1 aromatic carbocycles. The Labute approximate surface area is 172 Å². The van der Waals surface area contributed by atoms with Crippen molar-refractivity contribution in [3.05, 3.63) is 47.2 Å². The van der Waals surface area contributed by atoms with E-state index in [1.165, 1.54) is 0 Å². The van der Waals surface area contributed by atoms with Gasteiger partial charge in [0.1, 0.15) is 11.7 Å². The Kier molecular flexibility index (Phi) is 5.91. The lowest BCUT2D eigenvalue weighted by Gasteiger charge is -2.39. The lowest BCUT2D eigenvalue weighted by Crippen LogP contribution is -2.52. The van der Waals surface area contributed by atoms with E-state index in [0.717, 1.165) is 41.2 Å². The van der Waals surface area contributed by atoms with E-state index in [1.54, 1.807) is 18.0 Å². The molecule has 154 valence electrons. The molecule has 1 aliphatic heterocycles. The summed E-state index contributed by atoms with van der Waals surface area (Å²) in [4.78, 5) is 33.7. The molecule has 1 fully saturated rings. The first-order chi connectivity index (χ1) is 13.9. The van der Waals surface area contributed by atoms with Crippen molar-refractivity contribution in [2.75, 3.05) is 22.2 Å². The fourth-order valence-corrected chi connectivity index (χ4v) is 3.70. The van der Waals surface area contributed by atoms with Gasteiger partial charge >= 0.3 is 0 Å². The molecule has 1 atom stereocenters. The summed E-state index contributed by atoms with van der Waals surface area (Å²) in [5.41, 5.74) is 4.06. The first-order valence-corrected chi connectivity index (χ1v) is 10.3. The summed E-state index contributed by atoms with van der Waals surface area (Å²) in [5.74, 6) is 0.539. The summed E-state index contributed by atoms with van der Waals surface area (Å²) in [6.45, 7) is 9.90. The Morgan fingerprint density at radius 2 is 1.83 bits per heavy atom. The van der Waals surface area contributed by atoms with Crippen LogP contribution in [-0.4, -0.2) is 35.9 Å². The molecule has 2 aliphatic rings. The van der Waals surface area contributed by atoms with Gasteiger partial charge in [0, 0.05) is 18.8 Å². The molecule has 0 radical (unpaired) electrons. The fraction of sp³-hybridized carbons (Fsp3) is 0.435. The number of carbonyl (C=O) groups is 2. The third-order valence-electron chi connectivity index (χ3n) is 5.37. The molecular weight excluding hydrogens is 364 g/mol. The number of hydrogen-bond donors (Lipinski definition) is 1. The maximum atomic E-state index is 12.8. The lowest BCUT2D eigenvalue weighted by atomic mass is 10.1. The van der Waals surface area contributed by atoms with Crippen LogP contribution in [0.1, 0.15) is 55.2 Å². The molecule has 6 nitrogen and oxygen atoms in total. The van der Waals surface area contributed by atoms with Crippen LogP contribution >= 0.6 is 0 Å².